The normalized spacial score (nSPS) is 9.50. The van der Waals surface area contributed by atoms with Crippen molar-refractivity contribution < 1.29 is 0 Å². The summed E-state index contributed by atoms with van der Waals surface area (Å²) >= 11 is 0. The summed E-state index contributed by atoms with van der Waals surface area (Å²) in [6.07, 6.45) is 4.97. The molecule has 0 spiro atoms. The van der Waals surface area contributed by atoms with Crippen LogP contribution >= 0.6 is 0 Å². The summed E-state index contributed by atoms with van der Waals surface area (Å²) in [5.41, 5.74) is 1.73. The Labute approximate surface area is 90.4 Å². The largest absolute Gasteiger partial charge is 0.276 e. The molecule has 16 heavy (non-hydrogen) atoms. The first-order valence-electron chi connectivity index (χ1n) is 4.60. The summed E-state index contributed by atoms with van der Waals surface area (Å²) in [4.78, 5) is 14.2. The number of aromatic nitrogens is 5. The highest BCUT2D eigenvalue weighted by atomic mass is 16.1. The molecule has 80 valence electrons. The van der Waals surface area contributed by atoms with Crippen LogP contribution in [0.25, 0.3) is 11.0 Å². The van der Waals surface area contributed by atoms with Gasteiger partial charge in [-0.25, -0.2) is 5.10 Å². The van der Waals surface area contributed by atoms with Crippen molar-refractivity contribution in [1.82, 2.24) is 25.4 Å². The van der Waals surface area contributed by atoms with Crippen molar-refractivity contribution in [2.45, 2.75) is 0 Å². The van der Waals surface area contributed by atoms with Gasteiger partial charge in [0.25, 0.3) is 5.56 Å². The number of hydrogen-bond donors (Lipinski definition) is 2. The third kappa shape index (κ3) is 2.50. The number of nitrogens with one attached hydrogen (secondary N) is 2. The van der Waals surface area contributed by atoms with E-state index in [1.165, 1.54) is 12.3 Å². The number of nitrogens with zero attached hydrogens (tertiary/aromatic N) is 3. The van der Waals surface area contributed by atoms with Crippen LogP contribution in [0.4, 0.5) is 0 Å². The van der Waals surface area contributed by atoms with Crippen LogP contribution in [0.15, 0.2) is 47.7 Å². The quantitative estimate of drug-likeness (QED) is 0.578. The lowest BCUT2D eigenvalue weighted by Gasteiger charge is -1.80. The summed E-state index contributed by atoms with van der Waals surface area (Å²) in [5, 5.41) is 12.3. The minimum Gasteiger partial charge on any atom is -0.276 e. The fraction of sp³-hybridized carbons (Fsp3) is 0. The molecule has 6 heteroatoms. The minimum atomic E-state index is -0.164. The third-order valence-electron chi connectivity index (χ3n) is 1.79. The zero-order chi connectivity index (χ0) is 11.2. The fourth-order valence-electron chi connectivity index (χ4n) is 1.09. The van der Waals surface area contributed by atoms with Crippen molar-refractivity contribution in [2.24, 2.45) is 0 Å². The van der Waals surface area contributed by atoms with Gasteiger partial charge in [0.1, 0.15) is 5.52 Å². The molecule has 0 aromatic carbocycles. The standard InChI is InChI=1S/C6H5N3.C4H4N2O/c1-2-5-6(7-3-1)4-8-9-5;7-4-2-1-3-5-6-4/h1-4H,(H,8,9);1-3H,(H,6,7). The maximum atomic E-state index is 10.2. The van der Waals surface area contributed by atoms with Gasteiger partial charge >= 0.3 is 0 Å². The molecule has 0 aliphatic heterocycles. The van der Waals surface area contributed by atoms with Crippen molar-refractivity contribution in [3.8, 4) is 0 Å². The highest BCUT2D eigenvalue weighted by Crippen LogP contribution is 2.02. The van der Waals surface area contributed by atoms with Gasteiger partial charge in [-0.1, -0.05) is 0 Å². The zero-order valence-corrected chi connectivity index (χ0v) is 8.29. The maximum absolute atomic E-state index is 10.2. The number of hydrogen-bond acceptors (Lipinski definition) is 4. The van der Waals surface area contributed by atoms with E-state index in [9.17, 15) is 4.79 Å². The molecular formula is C10H9N5O. The lowest BCUT2D eigenvalue weighted by molar-refractivity contribution is 0.988. The van der Waals surface area contributed by atoms with E-state index in [0.29, 0.717) is 0 Å². The number of H-pyrrole nitrogens is 2. The minimum absolute atomic E-state index is 0.164. The lowest BCUT2D eigenvalue weighted by atomic mass is 10.4. The molecular weight excluding hydrogens is 206 g/mol. The third-order valence-corrected chi connectivity index (χ3v) is 1.79. The van der Waals surface area contributed by atoms with E-state index in [-0.39, 0.29) is 5.56 Å². The fourth-order valence-corrected chi connectivity index (χ4v) is 1.09. The van der Waals surface area contributed by atoms with E-state index < -0.39 is 0 Å². The molecule has 0 fully saturated rings. The van der Waals surface area contributed by atoms with Crippen molar-refractivity contribution in [3.63, 3.8) is 0 Å². The van der Waals surface area contributed by atoms with Gasteiger partial charge < -0.3 is 0 Å². The topological polar surface area (TPSA) is 87.3 Å². The molecule has 3 aromatic rings. The number of aromatic amines is 2. The van der Waals surface area contributed by atoms with Gasteiger partial charge in [-0.2, -0.15) is 10.2 Å². The van der Waals surface area contributed by atoms with E-state index in [4.69, 9.17) is 0 Å². The van der Waals surface area contributed by atoms with Crippen LogP contribution in [0.5, 0.6) is 0 Å². The van der Waals surface area contributed by atoms with Crippen LogP contribution in [-0.4, -0.2) is 25.4 Å². The maximum Gasteiger partial charge on any atom is 0.264 e. The molecule has 0 aliphatic carbocycles. The Balaban J connectivity index is 0.000000125. The Hall–Kier alpha value is -2.50. The van der Waals surface area contributed by atoms with Crippen LogP contribution in [-0.2, 0) is 0 Å². The van der Waals surface area contributed by atoms with Crippen LogP contribution in [0, 0.1) is 0 Å². The summed E-state index contributed by atoms with van der Waals surface area (Å²) in [6.45, 7) is 0. The van der Waals surface area contributed by atoms with E-state index >= 15 is 0 Å². The van der Waals surface area contributed by atoms with Gasteiger partial charge in [0.05, 0.1) is 11.7 Å². The molecule has 0 saturated heterocycles. The van der Waals surface area contributed by atoms with E-state index in [1.54, 1.807) is 18.5 Å². The molecule has 0 aliphatic rings. The second-order valence-corrected chi connectivity index (χ2v) is 2.92. The molecule has 3 rings (SSSR count). The smallest absolute Gasteiger partial charge is 0.264 e. The second-order valence-electron chi connectivity index (χ2n) is 2.92. The Morgan fingerprint density at radius 1 is 1.00 bits per heavy atom. The first-order valence-corrected chi connectivity index (χ1v) is 4.60. The van der Waals surface area contributed by atoms with Gasteiger partial charge in [-0.15, -0.1) is 0 Å². The molecule has 0 amide bonds. The molecule has 0 unspecified atom stereocenters. The molecule has 0 bridgehead atoms. The first-order chi connectivity index (χ1) is 7.86. The highest BCUT2D eigenvalue weighted by Gasteiger charge is 1.89. The van der Waals surface area contributed by atoms with Crippen LogP contribution < -0.4 is 5.56 Å². The Kier molecular flexibility index (Phi) is 3.03. The van der Waals surface area contributed by atoms with Crippen molar-refractivity contribution in [3.05, 3.63) is 53.2 Å². The average Bonchev–Trinajstić information content (AvgIpc) is 2.79. The van der Waals surface area contributed by atoms with E-state index in [2.05, 4.69) is 25.4 Å². The molecule has 2 N–H and O–H groups in total. The molecule has 0 radical (unpaired) electrons. The Bertz CT molecular complexity index is 568. The van der Waals surface area contributed by atoms with Gasteiger partial charge in [0, 0.05) is 18.5 Å². The molecule has 0 atom stereocenters. The van der Waals surface area contributed by atoms with Crippen LogP contribution in [0.3, 0.4) is 0 Å². The number of fused-ring (bicyclic) bond motifs is 1. The monoisotopic (exact) mass is 215 g/mol. The predicted octanol–water partition coefficient (Wildman–Crippen LogP) is 0.728. The summed E-state index contributed by atoms with van der Waals surface area (Å²) < 4.78 is 0. The van der Waals surface area contributed by atoms with Crippen molar-refractivity contribution >= 4 is 11.0 Å². The first kappa shape index (κ1) is 10.0. The number of rotatable bonds is 0. The van der Waals surface area contributed by atoms with Crippen LogP contribution in [0.1, 0.15) is 0 Å². The van der Waals surface area contributed by atoms with E-state index in [1.807, 2.05) is 12.1 Å². The van der Waals surface area contributed by atoms with Gasteiger partial charge in [0.15, 0.2) is 0 Å². The second kappa shape index (κ2) is 4.83. The number of pyridine rings is 1. The molecule has 0 saturated carbocycles. The van der Waals surface area contributed by atoms with Crippen LogP contribution in [0.2, 0.25) is 0 Å². The van der Waals surface area contributed by atoms with Gasteiger partial charge in [-0.05, 0) is 18.2 Å². The highest BCUT2D eigenvalue weighted by molar-refractivity contribution is 5.72. The van der Waals surface area contributed by atoms with Crippen molar-refractivity contribution in [2.75, 3.05) is 0 Å². The van der Waals surface area contributed by atoms with Crippen molar-refractivity contribution in [1.29, 1.82) is 0 Å². The van der Waals surface area contributed by atoms with Gasteiger partial charge in [-0.3, -0.25) is 14.9 Å². The van der Waals surface area contributed by atoms with E-state index in [0.717, 1.165) is 11.0 Å². The lowest BCUT2D eigenvalue weighted by Crippen LogP contribution is -2.02. The Morgan fingerprint density at radius 3 is 2.50 bits per heavy atom. The molecule has 3 aromatic heterocycles. The Morgan fingerprint density at radius 2 is 1.88 bits per heavy atom. The predicted molar refractivity (Wildman–Crippen MR) is 58.7 cm³/mol. The molecule has 3 heterocycles. The SMILES string of the molecule is O=c1cccn[nH]1.c1cnc2cn[nH]c2c1. The average molecular weight is 215 g/mol. The molecule has 6 nitrogen and oxygen atoms in total. The summed E-state index contributed by atoms with van der Waals surface area (Å²) in [6, 6.07) is 6.81. The van der Waals surface area contributed by atoms with Gasteiger partial charge in [0.2, 0.25) is 0 Å². The zero-order valence-electron chi connectivity index (χ0n) is 8.29. The summed E-state index contributed by atoms with van der Waals surface area (Å²) in [7, 11) is 0. The summed E-state index contributed by atoms with van der Waals surface area (Å²) in [5.74, 6) is 0.